The Kier molecular flexibility index (Phi) is 9.76. The minimum atomic E-state index is -3.77. The smallest absolute Gasteiger partial charge is 0.306 e. The minimum Gasteiger partial charge on any atom is -0.463 e. The van der Waals surface area contributed by atoms with Crippen LogP contribution in [0, 0.1) is 13.8 Å². The normalized spacial score (nSPS) is 10.9. The number of rotatable bonds is 10. The van der Waals surface area contributed by atoms with Gasteiger partial charge in [0.1, 0.15) is 6.61 Å². The molecular weight excluding hydrogens is 466 g/mol. The summed E-state index contributed by atoms with van der Waals surface area (Å²) in [6, 6.07) is 11.4. The molecule has 2 aromatic carbocycles. The summed E-state index contributed by atoms with van der Waals surface area (Å²) < 4.78 is 37.6. The molecule has 11 heteroatoms. The van der Waals surface area contributed by atoms with Crippen molar-refractivity contribution in [1.82, 2.24) is 5.32 Å². The summed E-state index contributed by atoms with van der Waals surface area (Å²) in [5.74, 6) is -0.958. The molecule has 0 heterocycles. The first-order valence-electron chi connectivity index (χ1n) is 10.1. The van der Waals surface area contributed by atoms with E-state index < -0.39 is 21.9 Å². The Morgan fingerprint density at radius 2 is 1.70 bits per heavy atom. The van der Waals surface area contributed by atoms with E-state index in [9.17, 15) is 18.0 Å². The molecular formula is C22H27N3O6S2. The highest BCUT2D eigenvalue weighted by Gasteiger charge is 2.16. The van der Waals surface area contributed by atoms with Gasteiger partial charge in [0.05, 0.1) is 23.6 Å². The van der Waals surface area contributed by atoms with Crippen molar-refractivity contribution in [2.75, 3.05) is 30.4 Å². The van der Waals surface area contributed by atoms with Gasteiger partial charge in [0.2, 0.25) is 5.91 Å². The number of esters is 1. The van der Waals surface area contributed by atoms with Crippen molar-refractivity contribution < 1.29 is 27.5 Å². The molecule has 0 spiro atoms. The summed E-state index contributed by atoms with van der Waals surface area (Å²) >= 11 is 5.09. The lowest BCUT2D eigenvalue weighted by Gasteiger charge is -2.12. The number of carbonyl (C=O) groups excluding carboxylic acids is 2. The Balaban J connectivity index is 1.87. The van der Waals surface area contributed by atoms with Gasteiger partial charge in [0, 0.05) is 19.2 Å². The van der Waals surface area contributed by atoms with E-state index >= 15 is 0 Å². The van der Waals surface area contributed by atoms with E-state index in [4.69, 9.17) is 21.7 Å². The van der Waals surface area contributed by atoms with Crippen molar-refractivity contribution in [2.45, 2.75) is 31.6 Å². The highest BCUT2D eigenvalue weighted by molar-refractivity contribution is 7.92. The topological polar surface area (TPSA) is 123 Å². The molecule has 1 amide bonds. The van der Waals surface area contributed by atoms with Crippen LogP contribution in [0.2, 0.25) is 0 Å². The van der Waals surface area contributed by atoms with E-state index in [-0.39, 0.29) is 36.1 Å². The molecule has 3 N–H and O–H groups in total. The standard InChI is InChI=1S/C22H27N3O6S2/c1-15-4-9-19(16(2)14-15)25-33(28,29)18-7-5-17(6-8-18)23-22(32)24-20(26)10-11-21(27)31-13-12-30-3/h4-9,14,25H,10-13H2,1-3H3,(H2,23,24,26,32). The Bertz CT molecular complexity index is 1100. The second kappa shape index (κ2) is 12.3. The van der Waals surface area contributed by atoms with Crippen LogP contribution >= 0.6 is 12.2 Å². The summed E-state index contributed by atoms with van der Waals surface area (Å²) in [4.78, 5) is 23.5. The van der Waals surface area contributed by atoms with E-state index in [0.29, 0.717) is 11.4 Å². The van der Waals surface area contributed by atoms with E-state index in [0.717, 1.165) is 11.1 Å². The third-order valence-corrected chi connectivity index (χ3v) is 5.99. The van der Waals surface area contributed by atoms with Gasteiger partial charge in [-0.25, -0.2) is 8.42 Å². The second-order valence-corrected chi connectivity index (χ2v) is 9.25. The van der Waals surface area contributed by atoms with Crippen LogP contribution in [0.25, 0.3) is 0 Å². The number of benzene rings is 2. The van der Waals surface area contributed by atoms with Gasteiger partial charge >= 0.3 is 5.97 Å². The lowest BCUT2D eigenvalue weighted by atomic mass is 10.1. The van der Waals surface area contributed by atoms with Crippen molar-refractivity contribution in [3.8, 4) is 0 Å². The van der Waals surface area contributed by atoms with E-state index in [2.05, 4.69) is 15.4 Å². The molecule has 0 aromatic heterocycles. The predicted molar refractivity (Wildman–Crippen MR) is 130 cm³/mol. The highest BCUT2D eigenvalue weighted by atomic mass is 32.2. The van der Waals surface area contributed by atoms with Crippen molar-refractivity contribution in [1.29, 1.82) is 0 Å². The average molecular weight is 494 g/mol. The average Bonchev–Trinajstić information content (AvgIpc) is 2.75. The molecule has 0 saturated carbocycles. The number of ether oxygens (including phenoxy) is 2. The molecule has 9 nitrogen and oxygen atoms in total. The van der Waals surface area contributed by atoms with Gasteiger partial charge in [-0.05, 0) is 62.0 Å². The quantitative estimate of drug-likeness (QED) is 0.262. The maximum atomic E-state index is 12.7. The number of nitrogens with one attached hydrogen (secondary N) is 3. The maximum absolute atomic E-state index is 12.7. The number of sulfonamides is 1. The molecule has 0 fully saturated rings. The van der Waals surface area contributed by atoms with Crippen LogP contribution in [0.5, 0.6) is 0 Å². The molecule has 0 aliphatic carbocycles. The number of anilines is 2. The predicted octanol–water partition coefficient (Wildman–Crippen LogP) is 2.89. The monoisotopic (exact) mass is 493 g/mol. The SMILES string of the molecule is COCCOC(=O)CCC(=O)NC(=S)Nc1ccc(S(=O)(=O)Nc2ccc(C)cc2C)cc1. The van der Waals surface area contributed by atoms with Crippen LogP contribution in [0.15, 0.2) is 47.4 Å². The van der Waals surface area contributed by atoms with Crippen molar-refractivity contribution in [3.05, 3.63) is 53.6 Å². The van der Waals surface area contributed by atoms with Crippen molar-refractivity contribution in [3.63, 3.8) is 0 Å². The molecule has 0 radical (unpaired) electrons. The molecule has 178 valence electrons. The fraction of sp³-hybridized carbons (Fsp3) is 0.318. The Morgan fingerprint density at radius 3 is 2.33 bits per heavy atom. The minimum absolute atomic E-state index is 0.0248. The molecule has 0 aliphatic rings. The zero-order valence-corrected chi connectivity index (χ0v) is 20.3. The number of hydrogen-bond donors (Lipinski definition) is 3. The van der Waals surface area contributed by atoms with Crippen molar-refractivity contribution >= 4 is 50.6 Å². The number of amides is 1. The van der Waals surface area contributed by atoms with E-state index in [1.807, 2.05) is 26.0 Å². The van der Waals surface area contributed by atoms with Gasteiger partial charge in [-0.1, -0.05) is 17.7 Å². The van der Waals surface area contributed by atoms with Gasteiger partial charge in [-0.15, -0.1) is 0 Å². The Hall–Kier alpha value is -3.02. The largest absolute Gasteiger partial charge is 0.463 e. The number of carbonyl (C=O) groups is 2. The van der Waals surface area contributed by atoms with E-state index in [1.54, 1.807) is 6.07 Å². The summed E-state index contributed by atoms with van der Waals surface area (Å²) in [6.07, 6.45) is -0.174. The first-order valence-corrected chi connectivity index (χ1v) is 12.0. The summed E-state index contributed by atoms with van der Waals surface area (Å²) in [7, 11) is -2.28. The van der Waals surface area contributed by atoms with Crippen molar-refractivity contribution in [2.24, 2.45) is 0 Å². The van der Waals surface area contributed by atoms with Gasteiger partial charge in [-0.3, -0.25) is 14.3 Å². The summed E-state index contributed by atoms with van der Waals surface area (Å²) in [5.41, 5.74) is 2.86. The summed E-state index contributed by atoms with van der Waals surface area (Å²) in [5, 5.41) is 5.28. The van der Waals surface area contributed by atoms with Gasteiger partial charge in [0.25, 0.3) is 10.0 Å². The lowest BCUT2D eigenvalue weighted by molar-refractivity contribution is -0.146. The molecule has 0 unspecified atom stereocenters. The summed E-state index contributed by atoms with van der Waals surface area (Å²) in [6.45, 7) is 4.18. The molecule has 0 aliphatic heterocycles. The van der Waals surface area contributed by atoms with Gasteiger partial charge < -0.3 is 20.1 Å². The van der Waals surface area contributed by atoms with Crippen LogP contribution in [-0.4, -0.2) is 45.7 Å². The zero-order chi connectivity index (χ0) is 24.4. The third-order valence-electron chi connectivity index (χ3n) is 4.41. The molecule has 0 atom stereocenters. The number of hydrogen-bond acceptors (Lipinski definition) is 7. The second-order valence-electron chi connectivity index (χ2n) is 7.16. The fourth-order valence-electron chi connectivity index (χ4n) is 2.73. The molecule has 2 aromatic rings. The fourth-order valence-corrected chi connectivity index (χ4v) is 4.09. The highest BCUT2D eigenvalue weighted by Crippen LogP contribution is 2.21. The van der Waals surface area contributed by atoms with Gasteiger partial charge in [0.15, 0.2) is 5.11 Å². The zero-order valence-electron chi connectivity index (χ0n) is 18.6. The molecule has 33 heavy (non-hydrogen) atoms. The maximum Gasteiger partial charge on any atom is 0.306 e. The number of methoxy groups -OCH3 is 1. The van der Waals surface area contributed by atoms with Crippen LogP contribution in [0.1, 0.15) is 24.0 Å². The van der Waals surface area contributed by atoms with Crippen LogP contribution in [-0.2, 0) is 29.1 Å². The lowest BCUT2D eigenvalue weighted by Crippen LogP contribution is -2.34. The van der Waals surface area contributed by atoms with Crippen LogP contribution in [0.3, 0.4) is 0 Å². The van der Waals surface area contributed by atoms with Crippen LogP contribution < -0.4 is 15.4 Å². The number of aryl methyl sites for hydroxylation is 2. The van der Waals surface area contributed by atoms with E-state index in [1.165, 1.54) is 31.4 Å². The number of thiocarbonyl (C=S) groups is 1. The van der Waals surface area contributed by atoms with Crippen LogP contribution in [0.4, 0.5) is 11.4 Å². The first-order chi connectivity index (χ1) is 15.6. The van der Waals surface area contributed by atoms with Gasteiger partial charge in [-0.2, -0.15) is 0 Å². The third kappa shape index (κ3) is 8.79. The Labute approximate surface area is 198 Å². The molecule has 0 bridgehead atoms. The Morgan fingerprint density at radius 1 is 1.00 bits per heavy atom. The molecule has 0 saturated heterocycles. The molecule has 2 rings (SSSR count). The first kappa shape index (κ1) is 26.2.